The fraction of sp³-hybridized carbons (Fsp3) is 0.414. The Bertz CT molecular complexity index is 1110. The maximum Gasteiger partial charge on any atom is 0.257 e. The number of nitrogens with zero attached hydrogens (tertiary/aromatic N) is 2. The first-order chi connectivity index (χ1) is 16.6. The van der Waals surface area contributed by atoms with Crippen molar-refractivity contribution < 1.29 is 19.4 Å². The summed E-state index contributed by atoms with van der Waals surface area (Å²) in [5, 5.41) is 10.2. The molecule has 2 aliphatic rings. The summed E-state index contributed by atoms with van der Waals surface area (Å²) in [6.07, 6.45) is 5.44. The number of fused-ring (bicyclic) bond motifs is 1. The number of amides is 1. The molecule has 2 aromatic rings. The van der Waals surface area contributed by atoms with Gasteiger partial charge in [-0.05, 0) is 81.4 Å². The summed E-state index contributed by atoms with van der Waals surface area (Å²) in [6.45, 7) is 14.8. The topological polar surface area (TPSA) is 62.2 Å². The highest BCUT2D eigenvalue weighted by Crippen LogP contribution is 2.44. The molecule has 1 saturated heterocycles. The van der Waals surface area contributed by atoms with Crippen molar-refractivity contribution in [2.45, 2.75) is 51.7 Å². The zero-order chi connectivity index (χ0) is 25.2. The maximum atomic E-state index is 12.7. The number of phenols is 1. The van der Waals surface area contributed by atoms with Gasteiger partial charge in [0.15, 0.2) is 0 Å². The predicted molar refractivity (Wildman–Crippen MR) is 138 cm³/mol. The molecule has 1 amide bonds. The molecular formula is C29H36N2O4. The van der Waals surface area contributed by atoms with Crippen LogP contribution < -0.4 is 4.74 Å². The first-order valence-electron chi connectivity index (χ1n) is 12.3. The molecule has 0 aromatic heterocycles. The van der Waals surface area contributed by atoms with Crippen molar-refractivity contribution in [1.82, 2.24) is 9.80 Å². The summed E-state index contributed by atoms with van der Waals surface area (Å²) in [5.41, 5.74) is 2.87. The Labute approximate surface area is 208 Å². The summed E-state index contributed by atoms with van der Waals surface area (Å²) in [6, 6.07) is 12.9. The van der Waals surface area contributed by atoms with Gasteiger partial charge < -0.3 is 19.5 Å². The lowest BCUT2D eigenvalue weighted by Gasteiger charge is -2.43. The number of likely N-dealkylation sites (tertiary alicyclic amines) is 1. The molecule has 2 aromatic carbocycles. The molecule has 2 aliphatic heterocycles. The lowest BCUT2D eigenvalue weighted by Crippen LogP contribution is -2.49. The summed E-state index contributed by atoms with van der Waals surface area (Å²) < 4.78 is 12.5. The van der Waals surface area contributed by atoms with E-state index in [1.165, 1.54) is 0 Å². The number of rotatable bonds is 6. The quantitative estimate of drug-likeness (QED) is 0.602. The Kier molecular flexibility index (Phi) is 7.06. The second-order valence-corrected chi connectivity index (χ2v) is 10.3. The van der Waals surface area contributed by atoms with Gasteiger partial charge in [-0.2, -0.15) is 0 Å². The zero-order valence-electron chi connectivity index (χ0n) is 21.2. The van der Waals surface area contributed by atoms with Gasteiger partial charge in [0.1, 0.15) is 17.1 Å². The minimum Gasteiger partial charge on any atom is -0.508 e. The lowest BCUT2D eigenvalue weighted by atomic mass is 9.83. The number of benzene rings is 2. The molecule has 0 radical (unpaired) electrons. The van der Waals surface area contributed by atoms with Gasteiger partial charge in [0.2, 0.25) is 0 Å². The van der Waals surface area contributed by atoms with Gasteiger partial charge in [0.05, 0.1) is 12.3 Å². The smallest absolute Gasteiger partial charge is 0.257 e. The van der Waals surface area contributed by atoms with Crippen molar-refractivity contribution >= 4 is 11.5 Å². The largest absolute Gasteiger partial charge is 0.508 e. The van der Waals surface area contributed by atoms with Crippen LogP contribution in [-0.2, 0) is 4.74 Å². The summed E-state index contributed by atoms with van der Waals surface area (Å²) in [4.78, 5) is 16.6. The zero-order valence-corrected chi connectivity index (χ0v) is 21.2. The Hall–Kier alpha value is -3.09. The molecule has 4 rings (SSSR count). The first-order valence-corrected chi connectivity index (χ1v) is 12.3. The van der Waals surface area contributed by atoms with Crippen LogP contribution in [0.2, 0.25) is 0 Å². The average molecular weight is 477 g/mol. The van der Waals surface area contributed by atoms with Crippen molar-refractivity contribution in [3.63, 3.8) is 0 Å². The number of ether oxygens (including phenoxy) is 2. The minimum absolute atomic E-state index is 0.0747. The number of carbonyl (C=O) groups is 1. The second-order valence-electron chi connectivity index (χ2n) is 10.3. The highest BCUT2D eigenvalue weighted by Gasteiger charge is 2.39. The van der Waals surface area contributed by atoms with E-state index in [1.54, 1.807) is 23.2 Å². The summed E-state index contributed by atoms with van der Waals surface area (Å²) >= 11 is 0. The number of aromatic hydroxyl groups is 1. The van der Waals surface area contributed by atoms with E-state index in [0.717, 1.165) is 48.4 Å². The van der Waals surface area contributed by atoms with Crippen LogP contribution in [-0.4, -0.2) is 58.4 Å². The van der Waals surface area contributed by atoms with Gasteiger partial charge in [-0.3, -0.25) is 9.69 Å². The molecule has 1 spiro atoms. The van der Waals surface area contributed by atoms with Crippen molar-refractivity contribution in [2.24, 2.45) is 0 Å². The first kappa shape index (κ1) is 25.0. The molecule has 0 bridgehead atoms. The predicted octanol–water partition coefficient (Wildman–Crippen LogP) is 5.43. The summed E-state index contributed by atoms with van der Waals surface area (Å²) in [5.74, 6) is 0.887. The fourth-order valence-corrected chi connectivity index (χ4v) is 4.55. The van der Waals surface area contributed by atoms with Crippen LogP contribution in [0.1, 0.15) is 62.0 Å². The third-order valence-electron chi connectivity index (χ3n) is 6.62. The van der Waals surface area contributed by atoms with E-state index in [1.807, 2.05) is 37.3 Å². The van der Waals surface area contributed by atoms with Crippen LogP contribution in [0.4, 0.5) is 0 Å². The molecule has 0 aliphatic carbocycles. The Balaban J connectivity index is 1.61. The molecule has 6 nitrogen and oxygen atoms in total. The van der Waals surface area contributed by atoms with Gasteiger partial charge in [-0.15, -0.1) is 0 Å². The maximum absolute atomic E-state index is 12.7. The molecule has 6 heteroatoms. The van der Waals surface area contributed by atoms with Crippen molar-refractivity contribution in [2.75, 3.05) is 26.4 Å². The van der Waals surface area contributed by atoms with E-state index in [9.17, 15) is 9.90 Å². The van der Waals surface area contributed by atoms with Crippen LogP contribution in [0.15, 0.2) is 61.3 Å². The fourth-order valence-electron chi connectivity index (χ4n) is 4.55. The highest BCUT2D eigenvalue weighted by atomic mass is 16.5. The van der Waals surface area contributed by atoms with E-state index >= 15 is 0 Å². The van der Waals surface area contributed by atoms with Crippen molar-refractivity contribution in [3.8, 4) is 11.5 Å². The molecule has 0 unspecified atom stereocenters. The lowest BCUT2D eigenvalue weighted by molar-refractivity contribution is -0.0819. The van der Waals surface area contributed by atoms with Gasteiger partial charge >= 0.3 is 0 Å². The second kappa shape index (κ2) is 9.88. The minimum atomic E-state index is -0.423. The van der Waals surface area contributed by atoms with Crippen molar-refractivity contribution in [1.29, 1.82) is 0 Å². The Morgan fingerprint density at radius 3 is 2.49 bits per heavy atom. The Morgan fingerprint density at radius 2 is 1.89 bits per heavy atom. The normalized spacial score (nSPS) is 17.3. The monoisotopic (exact) mass is 476 g/mol. The van der Waals surface area contributed by atoms with E-state index in [4.69, 9.17) is 9.47 Å². The molecule has 1 N–H and O–H groups in total. The number of phenolic OH excluding ortho intramolecular Hbond substituents is 1. The molecular weight excluding hydrogens is 440 g/mol. The van der Waals surface area contributed by atoms with Crippen molar-refractivity contribution in [3.05, 3.63) is 78.0 Å². The molecule has 35 heavy (non-hydrogen) atoms. The van der Waals surface area contributed by atoms with Crippen LogP contribution in [0.3, 0.4) is 0 Å². The Morgan fingerprint density at radius 1 is 1.20 bits per heavy atom. The third kappa shape index (κ3) is 5.60. The number of hydrogen-bond acceptors (Lipinski definition) is 5. The van der Waals surface area contributed by atoms with E-state index in [2.05, 4.69) is 38.3 Å². The van der Waals surface area contributed by atoms with Crippen LogP contribution in [0.5, 0.6) is 11.5 Å². The van der Waals surface area contributed by atoms with Gasteiger partial charge in [0, 0.05) is 43.6 Å². The van der Waals surface area contributed by atoms with Crippen LogP contribution in [0, 0.1) is 0 Å². The average Bonchev–Trinajstić information content (AvgIpc) is 2.84. The van der Waals surface area contributed by atoms with E-state index in [0.29, 0.717) is 18.8 Å². The standard InChI is InChI=1S/C29H36N2O4/c1-6-31(7-2)27(33)22-10-8-21(9-11-22)25-19-29(35-26-13-12-23(32)18-24(25)26)14-16-30(17-15-29)20-34-28(3,4)5/h6,8-13,18-19,32H,1,7,14-17,20H2,2-5H3. The number of hydrogen-bond donors (Lipinski definition) is 1. The molecule has 0 saturated carbocycles. The highest BCUT2D eigenvalue weighted by molar-refractivity contribution is 5.95. The van der Waals surface area contributed by atoms with E-state index < -0.39 is 5.60 Å². The summed E-state index contributed by atoms with van der Waals surface area (Å²) in [7, 11) is 0. The van der Waals surface area contributed by atoms with Crippen LogP contribution >= 0.6 is 0 Å². The van der Waals surface area contributed by atoms with E-state index in [-0.39, 0.29) is 17.3 Å². The SMILES string of the molecule is C=CN(CC)C(=O)c1ccc(C2=CC3(CCN(COC(C)(C)C)CC3)Oc3ccc(O)cc32)cc1. The van der Waals surface area contributed by atoms with Gasteiger partial charge in [0.25, 0.3) is 5.91 Å². The number of carbonyl (C=O) groups excluding carboxylic acids is 1. The van der Waals surface area contributed by atoms with Gasteiger partial charge in [-0.1, -0.05) is 18.7 Å². The third-order valence-corrected chi connectivity index (χ3v) is 6.62. The molecule has 0 atom stereocenters. The molecule has 1 fully saturated rings. The molecule has 2 heterocycles. The van der Waals surface area contributed by atoms with Crippen LogP contribution in [0.25, 0.3) is 5.57 Å². The molecule has 186 valence electrons. The van der Waals surface area contributed by atoms with Gasteiger partial charge in [-0.25, -0.2) is 0 Å². The number of piperidine rings is 1.